The maximum atomic E-state index is 4.32. The van der Waals surface area contributed by atoms with Crippen molar-refractivity contribution in [3.05, 3.63) is 34.5 Å². The van der Waals surface area contributed by atoms with Crippen molar-refractivity contribution in [3.8, 4) is 0 Å². The first kappa shape index (κ1) is 10.3. The molecule has 0 aromatic carbocycles. The highest BCUT2D eigenvalue weighted by Gasteiger charge is 2.22. The molecule has 2 aromatic heterocycles. The Hall–Kier alpha value is -1.20. The van der Waals surface area contributed by atoms with E-state index in [9.17, 15) is 0 Å². The van der Waals surface area contributed by atoms with Crippen LogP contribution in [-0.2, 0) is 12.1 Å². The van der Waals surface area contributed by atoms with Crippen molar-refractivity contribution in [1.29, 1.82) is 0 Å². The van der Waals surface area contributed by atoms with Crippen LogP contribution in [0.5, 0.6) is 0 Å². The minimum Gasteiger partial charge on any atom is -0.300 e. The van der Waals surface area contributed by atoms with E-state index in [2.05, 4.69) is 34.3 Å². The summed E-state index contributed by atoms with van der Waals surface area (Å²) in [6.07, 6.45) is 3.59. The second-order valence-corrected chi connectivity index (χ2v) is 4.79. The zero-order chi connectivity index (χ0) is 10.7. The van der Waals surface area contributed by atoms with Gasteiger partial charge in [-0.2, -0.15) is 5.10 Å². The third-order valence-corrected chi connectivity index (χ3v) is 3.34. The number of aromatic amines is 1. The van der Waals surface area contributed by atoms with E-state index in [0.717, 1.165) is 17.2 Å². The molecule has 0 saturated heterocycles. The Balaban J connectivity index is 1.99. The second kappa shape index (κ2) is 4.12. The molecule has 80 valence electrons. The van der Waals surface area contributed by atoms with E-state index in [0.29, 0.717) is 0 Å². The topological polar surface area (TPSA) is 53.6 Å². The monoisotopic (exact) mass is 222 g/mol. The molecule has 0 aliphatic heterocycles. The van der Waals surface area contributed by atoms with Gasteiger partial charge in [-0.25, -0.2) is 4.98 Å². The molecule has 4 nitrogen and oxygen atoms in total. The Kier molecular flexibility index (Phi) is 2.83. The molecule has 0 radical (unpaired) electrons. The lowest BCUT2D eigenvalue weighted by Gasteiger charge is -2.23. The summed E-state index contributed by atoms with van der Waals surface area (Å²) in [5.74, 6) is 0. The summed E-state index contributed by atoms with van der Waals surface area (Å²) in [7, 11) is 0. The van der Waals surface area contributed by atoms with Gasteiger partial charge < -0.3 is 5.32 Å². The number of H-pyrrole nitrogens is 1. The Morgan fingerprint density at radius 3 is 2.93 bits per heavy atom. The molecular formula is C10H14N4S. The first-order chi connectivity index (χ1) is 7.18. The van der Waals surface area contributed by atoms with Gasteiger partial charge in [0.1, 0.15) is 5.01 Å². The number of rotatable bonds is 4. The predicted molar refractivity (Wildman–Crippen MR) is 60.6 cm³/mol. The average Bonchev–Trinajstić information content (AvgIpc) is 2.88. The molecule has 0 saturated carbocycles. The number of hydrogen-bond donors (Lipinski definition) is 2. The molecule has 0 fully saturated rings. The van der Waals surface area contributed by atoms with Gasteiger partial charge in [0, 0.05) is 30.0 Å². The molecule has 5 heteroatoms. The van der Waals surface area contributed by atoms with Gasteiger partial charge in [-0.1, -0.05) is 0 Å². The van der Waals surface area contributed by atoms with Crippen molar-refractivity contribution in [2.45, 2.75) is 25.9 Å². The van der Waals surface area contributed by atoms with Crippen molar-refractivity contribution < 1.29 is 0 Å². The van der Waals surface area contributed by atoms with E-state index in [-0.39, 0.29) is 5.54 Å². The molecule has 0 bridgehead atoms. The molecule has 2 rings (SSSR count). The maximum absolute atomic E-state index is 4.32. The molecular weight excluding hydrogens is 208 g/mol. The van der Waals surface area contributed by atoms with Gasteiger partial charge >= 0.3 is 0 Å². The van der Waals surface area contributed by atoms with Crippen LogP contribution in [0.2, 0.25) is 0 Å². The van der Waals surface area contributed by atoms with Gasteiger partial charge in [0.05, 0.1) is 5.54 Å². The highest BCUT2D eigenvalue weighted by atomic mass is 32.1. The molecule has 2 aromatic rings. The summed E-state index contributed by atoms with van der Waals surface area (Å²) in [6.45, 7) is 5.02. The lowest BCUT2D eigenvalue weighted by Crippen LogP contribution is -2.35. The summed E-state index contributed by atoms with van der Waals surface area (Å²) in [6, 6.07) is 1.96. The van der Waals surface area contributed by atoms with E-state index in [1.165, 1.54) is 0 Å². The number of nitrogens with zero attached hydrogens (tertiary/aromatic N) is 2. The van der Waals surface area contributed by atoms with Crippen LogP contribution in [0.15, 0.2) is 23.8 Å². The summed E-state index contributed by atoms with van der Waals surface area (Å²) >= 11 is 1.67. The highest BCUT2D eigenvalue weighted by molar-refractivity contribution is 7.09. The maximum Gasteiger partial charge on any atom is 0.112 e. The zero-order valence-corrected chi connectivity index (χ0v) is 9.64. The first-order valence-electron chi connectivity index (χ1n) is 4.82. The Morgan fingerprint density at radius 1 is 1.47 bits per heavy atom. The van der Waals surface area contributed by atoms with Gasteiger partial charge in [0.15, 0.2) is 0 Å². The molecule has 2 heterocycles. The number of hydrogen-bond acceptors (Lipinski definition) is 4. The fraction of sp³-hybridized carbons (Fsp3) is 0.400. The summed E-state index contributed by atoms with van der Waals surface area (Å²) in [5.41, 5.74) is 0.985. The molecule has 0 atom stereocenters. The van der Waals surface area contributed by atoms with Crippen LogP contribution < -0.4 is 5.32 Å². The zero-order valence-electron chi connectivity index (χ0n) is 8.82. The highest BCUT2D eigenvalue weighted by Crippen LogP contribution is 2.22. The van der Waals surface area contributed by atoms with Gasteiger partial charge in [-0.15, -0.1) is 11.3 Å². The molecule has 15 heavy (non-hydrogen) atoms. The van der Waals surface area contributed by atoms with Gasteiger partial charge in [-0.05, 0) is 19.9 Å². The van der Waals surface area contributed by atoms with Crippen LogP contribution in [0.4, 0.5) is 0 Å². The van der Waals surface area contributed by atoms with Crippen LogP contribution in [0.1, 0.15) is 24.5 Å². The molecule has 0 unspecified atom stereocenters. The van der Waals surface area contributed by atoms with E-state index in [4.69, 9.17) is 0 Å². The van der Waals surface area contributed by atoms with Crippen molar-refractivity contribution in [3.63, 3.8) is 0 Å². The average molecular weight is 222 g/mol. The number of nitrogens with one attached hydrogen (secondary N) is 2. The summed E-state index contributed by atoms with van der Waals surface area (Å²) in [4.78, 5) is 4.32. The fourth-order valence-electron chi connectivity index (χ4n) is 1.31. The van der Waals surface area contributed by atoms with E-state index >= 15 is 0 Å². The van der Waals surface area contributed by atoms with E-state index in [1.54, 1.807) is 17.5 Å². The predicted octanol–water partition coefficient (Wildman–Crippen LogP) is 1.89. The quantitative estimate of drug-likeness (QED) is 0.830. The summed E-state index contributed by atoms with van der Waals surface area (Å²) in [5, 5.41) is 13.4. The molecule has 0 aliphatic carbocycles. The lowest BCUT2D eigenvalue weighted by molar-refractivity contribution is 0.396. The van der Waals surface area contributed by atoms with E-state index < -0.39 is 0 Å². The van der Waals surface area contributed by atoms with Crippen LogP contribution in [0.25, 0.3) is 0 Å². The van der Waals surface area contributed by atoms with E-state index in [1.807, 2.05) is 17.6 Å². The third kappa shape index (κ3) is 2.43. The summed E-state index contributed by atoms with van der Waals surface area (Å²) < 4.78 is 0. The molecule has 2 N–H and O–H groups in total. The molecule has 0 aliphatic rings. The van der Waals surface area contributed by atoms with Crippen molar-refractivity contribution >= 4 is 11.3 Å². The Morgan fingerprint density at radius 2 is 2.33 bits per heavy atom. The second-order valence-electron chi connectivity index (χ2n) is 3.90. The van der Waals surface area contributed by atoms with Crippen LogP contribution in [-0.4, -0.2) is 15.2 Å². The van der Waals surface area contributed by atoms with Crippen LogP contribution >= 0.6 is 11.3 Å². The van der Waals surface area contributed by atoms with Crippen molar-refractivity contribution in [1.82, 2.24) is 20.5 Å². The van der Waals surface area contributed by atoms with Gasteiger partial charge in [-0.3, -0.25) is 5.10 Å². The van der Waals surface area contributed by atoms with Crippen LogP contribution in [0, 0.1) is 0 Å². The lowest BCUT2D eigenvalue weighted by atomic mass is 10.1. The van der Waals surface area contributed by atoms with Gasteiger partial charge in [0.2, 0.25) is 0 Å². The smallest absolute Gasteiger partial charge is 0.112 e. The normalized spacial score (nSPS) is 11.9. The standard InChI is InChI=1S/C10H14N4S/c1-10(2,9-11-5-6-15-9)12-7-8-3-4-13-14-8/h3-6,12H,7H2,1-2H3,(H,13,14). The fourth-order valence-corrected chi connectivity index (χ4v) is 2.05. The van der Waals surface area contributed by atoms with Crippen molar-refractivity contribution in [2.75, 3.05) is 0 Å². The SMILES string of the molecule is CC(C)(NCc1ccn[nH]1)c1nccs1. The van der Waals surface area contributed by atoms with Crippen LogP contribution in [0.3, 0.4) is 0 Å². The molecule has 0 spiro atoms. The largest absolute Gasteiger partial charge is 0.300 e. The number of aromatic nitrogens is 3. The third-order valence-electron chi connectivity index (χ3n) is 2.25. The Labute approximate surface area is 92.8 Å². The minimum absolute atomic E-state index is 0.0979. The molecule has 0 amide bonds. The van der Waals surface area contributed by atoms with Gasteiger partial charge in [0.25, 0.3) is 0 Å². The Bertz CT molecular complexity index is 391. The first-order valence-corrected chi connectivity index (χ1v) is 5.70. The minimum atomic E-state index is -0.0979. The number of thiazole rings is 1. The van der Waals surface area contributed by atoms with Crippen molar-refractivity contribution in [2.24, 2.45) is 0 Å².